The number of ether oxygens (including phenoxy) is 3. The van der Waals surface area contributed by atoms with Crippen molar-refractivity contribution in [1.29, 1.82) is 0 Å². The molecule has 3 fully saturated rings. The topological polar surface area (TPSA) is 88.4 Å². The monoisotopic (exact) mass is 429 g/mol. The first-order valence-electron chi connectivity index (χ1n) is 11.2. The molecule has 1 aromatic heterocycles. The SMILES string of the molecule is CC1(c2nc(N3CCOCC3)nc(N3CCOCC3)n2)C=NC(N2CCOCC2)=CC1. The lowest BCUT2D eigenvalue weighted by Crippen LogP contribution is -2.41. The van der Waals surface area contributed by atoms with E-state index < -0.39 is 0 Å². The number of allylic oxidation sites excluding steroid dienone is 1. The van der Waals surface area contributed by atoms with E-state index in [1.54, 1.807) is 0 Å². The molecule has 0 spiro atoms. The highest BCUT2D eigenvalue weighted by molar-refractivity contribution is 5.74. The van der Waals surface area contributed by atoms with E-state index in [-0.39, 0.29) is 5.41 Å². The van der Waals surface area contributed by atoms with E-state index in [9.17, 15) is 0 Å². The molecule has 5 heterocycles. The Labute approximate surface area is 182 Å². The van der Waals surface area contributed by atoms with Gasteiger partial charge < -0.3 is 28.9 Å². The van der Waals surface area contributed by atoms with Gasteiger partial charge in [0.2, 0.25) is 11.9 Å². The van der Waals surface area contributed by atoms with Crippen molar-refractivity contribution in [3.05, 3.63) is 17.7 Å². The highest BCUT2D eigenvalue weighted by atomic mass is 16.5. The molecule has 1 aromatic rings. The minimum Gasteiger partial charge on any atom is -0.378 e. The van der Waals surface area contributed by atoms with Crippen molar-refractivity contribution >= 4 is 18.1 Å². The second kappa shape index (κ2) is 9.05. The molecular formula is C21H31N7O3. The van der Waals surface area contributed by atoms with Crippen molar-refractivity contribution in [2.24, 2.45) is 4.99 Å². The van der Waals surface area contributed by atoms with E-state index in [2.05, 4.69) is 27.7 Å². The molecule has 0 saturated carbocycles. The van der Waals surface area contributed by atoms with E-state index in [0.29, 0.717) is 26.4 Å². The summed E-state index contributed by atoms with van der Waals surface area (Å²) in [6, 6.07) is 0. The predicted octanol–water partition coefficient (Wildman–Crippen LogP) is 0.451. The standard InChI is InChI=1S/C21H31N7O3/c1-21(3-2-17(22-16-21)26-4-10-29-11-5-26)18-23-19(27-6-12-30-13-7-27)25-20(24-18)28-8-14-31-15-9-28/h2,16H,3-15H2,1H3. The van der Waals surface area contributed by atoms with Gasteiger partial charge in [-0.3, -0.25) is 0 Å². The van der Waals surface area contributed by atoms with Crippen LogP contribution in [0.1, 0.15) is 19.2 Å². The average Bonchev–Trinajstić information content (AvgIpc) is 2.86. The van der Waals surface area contributed by atoms with E-state index in [1.807, 2.05) is 6.21 Å². The van der Waals surface area contributed by atoms with Crippen LogP contribution in [0.15, 0.2) is 16.9 Å². The molecule has 0 aromatic carbocycles. The number of rotatable bonds is 4. The first-order valence-corrected chi connectivity index (χ1v) is 11.2. The van der Waals surface area contributed by atoms with Crippen LogP contribution in [0, 0.1) is 0 Å². The summed E-state index contributed by atoms with van der Waals surface area (Å²) < 4.78 is 16.5. The smallest absolute Gasteiger partial charge is 0.230 e. The fourth-order valence-electron chi connectivity index (χ4n) is 4.19. The van der Waals surface area contributed by atoms with Crippen LogP contribution in [0.3, 0.4) is 0 Å². The summed E-state index contributed by atoms with van der Waals surface area (Å²) >= 11 is 0. The van der Waals surface area contributed by atoms with E-state index in [0.717, 1.165) is 82.4 Å². The molecule has 1 atom stereocenters. The van der Waals surface area contributed by atoms with Gasteiger partial charge in [-0.15, -0.1) is 0 Å². The summed E-state index contributed by atoms with van der Waals surface area (Å²) in [6.45, 7) is 11.4. The third-order valence-corrected chi connectivity index (χ3v) is 6.24. The van der Waals surface area contributed by atoms with Crippen molar-refractivity contribution < 1.29 is 14.2 Å². The molecule has 10 heteroatoms. The molecule has 0 N–H and O–H groups in total. The largest absolute Gasteiger partial charge is 0.378 e. The Morgan fingerprint density at radius 1 is 0.710 bits per heavy atom. The molecule has 4 aliphatic heterocycles. The highest BCUT2D eigenvalue weighted by Gasteiger charge is 2.33. The van der Waals surface area contributed by atoms with Crippen molar-refractivity contribution in [3.63, 3.8) is 0 Å². The number of anilines is 2. The van der Waals surface area contributed by atoms with Gasteiger partial charge in [0.1, 0.15) is 11.6 Å². The van der Waals surface area contributed by atoms with Crippen LogP contribution < -0.4 is 9.80 Å². The fourth-order valence-corrected chi connectivity index (χ4v) is 4.19. The maximum Gasteiger partial charge on any atom is 0.230 e. The molecule has 31 heavy (non-hydrogen) atoms. The Morgan fingerprint density at radius 3 is 1.65 bits per heavy atom. The number of aromatic nitrogens is 3. The number of hydrogen-bond acceptors (Lipinski definition) is 10. The van der Waals surface area contributed by atoms with Crippen molar-refractivity contribution in [1.82, 2.24) is 19.9 Å². The number of morpholine rings is 3. The van der Waals surface area contributed by atoms with Gasteiger partial charge >= 0.3 is 0 Å². The van der Waals surface area contributed by atoms with Gasteiger partial charge in [-0.05, 0) is 19.4 Å². The molecule has 4 aliphatic rings. The number of aliphatic imine (C=N–C) groups is 1. The van der Waals surface area contributed by atoms with Crippen LogP contribution in [0.5, 0.6) is 0 Å². The van der Waals surface area contributed by atoms with Gasteiger partial charge in [-0.2, -0.15) is 15.0 Å². The normalized spacial score (nSPS) is 27.4. The predicted molar refractivity (Wildman–Crippen MR) is 117 cm³/mol. The van der Waals surface area contributed by atoms with Crippen molar-refractivity contribution in [2.75, 3.05) is 88.7 Å². The van der Waals surface area contributed by atoms with E-state index >= 15 is 0 Å². The molecule has 0 bridgehead atoms. The molecule has 10 nitrogen and oxygen atoms in total. The van der Waals surface area contributed by atoms with Crippen molar-refractivity contribution in [3.8, 4) is 0 Å². The average molecular weight is 430 g/mol. The molecule has 5 rings (SSSR count). The molecule has 1 unspecified atom stereocenters. The summed E-state index contributed by atoms with van der Waals surface area (Å²) in [4.78, 5) is 26.1. The second-order valence-electron chi connectivity index (χ2n) is 8.50. The van der Waals surface area contributed by atoms with E-state index in [1.165, 1.54) is 0 Å². The lowest BCUT2D eigenvalue weighted by Gasteiger charge is -2.34. The maximum atomic E-state index is 5.52. The molecule has 3 saturated heterocycles. The summed E-state index contributed by atoms with van der Waals surface area (Å²) in [5, 5.41) is 0. The van der Waals surface area contributed by atoms with E-state index in [4.69, 9.17) is 34.2 Å². The van der Waals surface area contributed by atoms with Crippen LogP contribution in [-0.4, -0.2) is 105 Å². The van der Waals surface area contributed by atoms with Crippen LogP contribution in [-0.2, 0) is 19.6 Å². The zero-order valence-electron chi connectivity index (χ0n) is 18.2. The van der Waals surface area contributed by atoms with Crippen LogP contribution >= 0.6 is 0 Å². The van der Waals surface area contributed by atoms with Gasteiger partial charge in [0.25, 0.3) is 0 Å². The van der Waals surface area contributed by atoms with Gasteiger partial charge in [0.05, 0.1) is 45.1 Å². The third-order valence-electron chi connectivity index (χ3n) is 6.24. The minimum atomic E-state index is -0.374. The summed E-state index contributed by atoms with van der Waals surface area (Å²) in [5.41, 5.74) is -0.374. The van der Waals surface area contributed by atoms with Gasteiger partial charge in [0.15, 0.2) is 0 Å². The number of hydrogen-bond donors (Lipinski definition) is 0. The zero-order chi connectivity index (χ0) is 21.1. The molecule has 168 valence electrons. The molecule has 0 aliphatic carbocycles. The molecular weight excluding hydrogens is 398 g/mol. The Kier molecular flexibility index (Phi) is 6.02. The zero-order valence-corrected chi connectivity index (χ0v) is 18.2. The lowest BCUT2D eigenvalue weighted by molar-refractivity contribution is 0.0528. The Hall–Kier alpha value is -2.30. The van der Waals surface area contributed by atoms with Crippen LogP contribution in [0.25, 0.3) is 0 Å². The minimum absolute atomic E-state index is 0.374. The number of nitrogens with zero attached hydrogens (tertiary/aromatic N) is 7. The fraction of sp³-hybridized carbons (Fsp3) is 0.714. The van der Waals surface area contributed by atoms with Gasteiger partial charge in [-0.25, -0.2) is 4.99 Å². The van der Waals surface area contributed by atoms with Gasteiger partial charge in [0, 0.05) is 45.5 Å². The molecule has 0 amide bonds. The summed E-state index contributed by atoms with van der Waals surface area (Å²) in [5.74, 6) is 3.25. The summed E-state index contributed by atoms with van der Waals surface area (Å²) in [7, 11) is 0. The molecule has 0 radical (unpaired) electrons. The Morgan fingerprint density at radius 2 is 1.19 bits per heavy atom. The van der Waals surface area contributed by atoms with Crippen LogP contribution in [0.4, 0.5) is 11.9 Å². The summed E-state index contributed by atoms with van der Waals surface area (Å²) in [6.07, 6.45) is 5.02. The van der Waals surface area contributed by atoms with Crippen molar-refractivity contribution in [2.45, 2.75) is 18.8 Å². The lowest BCUT2D eigenvalue weighted by atomic mass is 9.85. The van der Waals surface area contributed by atoms with Crippen LogP contribution in [0.2, 0.25) is 0 Å². The first-order chi connectivity index (χ1) is 15.2. The third kappa shape index (κ3) is 4.51. The quantitative estimate of drug-likeness (QED) is 0.677. The Bertz CT molecular complexity index is 794. The first kappa shape index (κ1) is 20.6. The Balaban J connectivity index is 1.43. The van der Waals surface area contributed by atoms with Gasteiger partial charge in [-0.1, -0.05) is 0 Å². The highest BCUT2D eigenvalue weighted by Crippen LogP contribution is 2.31. The maximum absolute atomic E-state index is 5.52. The second-order valence-corrected chi connectivity index (χ2v) is 8.50.